The molecule has 2 aliphatic rings. The summed E-state index contributed by atoms with van der Waals surface area (Å²) in [4.78, 5) is 19.4. The molecule has 1 amide bonds. The normalized spacial score (nSPS) is 22.3. The summed E-state index contributed by atoms with van der Waals surface area (Å²) < 4.78 is 10.8. The predicted molar refractivity (Wildman–Crippen MR) is 79.8 cm³/mol. The van der Waals surface area contributed by atoms with Crippen molar-refractivity contribution >= 4 is 17.0 Å². The second kappa shape index (κ2) is 5.05. The Balaban J connectivity index is 1.78. The van der Waals surface area contributed by atoms with Gasteiger partial charge in [0.05, 0.1) is 29.4 Å². The Bertz CT molecular complexity index is 736. The predicted octanol–water partition coefficient (Wildman–Crippen LogP) is 2.27. The number of nitrogens with zero attached hydrogens (tertiary/aromatic N) is 3. The molecule has 2 aromatic rings. The maximum absolute atomic E-state index is 13.0. The van der Waals surface area contributed by atoms with Crippen LogP contribution in [0.4, 0.5) is 0 Å². The van der Waals surface area contributed by atoms with Crippen molar-refractivity contribution < 1.29 is 14.1 Å². The van der Waals surface area contributed by atoms with Crippen molar-refractivity contribution in [3.05, 3.63) is 23.0 Å². The van der Waals surface area contributed by atoms with E-state index in [1.807, 2.05) is 24.8 Å². The van der Waals surface area contributed by atoms with E-state index >= 15 is 0 Å². The van der Waals surface area contributed by atoms with Gasteiger partial charge in [-0.25, -0.2) is 4.98 Å². The monoisotopic (exact) mass is 301 g/mol. The van der Waals surface area contributed by atoms with Crippen LogP contribution in [0.1, 0.15) is 47.4 Å². The number of carbonyl (C=O) groups is 1. The summed E-state index contributed by atoms with van der Waals surface area (Å²) >= 11 is 0. The highest BCUT2D eigenvalue weighted by Gasteiger charge is 2.30. The van der Waals surface area contributed by atoms with Gasteiger partial charge in [0.25, 0.3) is 11.6 Å². The lowest BCUT2D eigenvalue weighted by Crippen LogP contribution is -2.44. The molecule has 0 bridgehead atoms. The summed E-state index contributed by atoms with van der Waals surface area (Å²) in [6.07, 6.45) is 2.34. The number of amides is 1. The lowest BCUT2D eigenvalue weighted by Gasteiger charge is -2.31. The molecule has 3 heterocycles. The van der Waals surface area contributed by atoms with Crippen LogP contribution in [-0.2, 0) is 4.74 Å². The van der Waals surface area contributed by atoms with Gasteiger partial charge in [-0.05, 0) is 32.8 Å². The molecule has 116 valence electrons. The molecule has 6 nitrogen and oxygen atoms in total. The molecule has 1 aliphatic carbocycles. The molecule has 0 spiro atoms. The van der Waals surface area contributed by atoms with Crippen LogP contribution in [-0.4, -0.2) is 46.7 Å². The largest absolute Gasteiger partial charge is 0.375 e. The third kappa shape index (κ3) is 2.27. The van der Waals surface area contributed by atoms with Gasteiger partial charge in [-0.2, -0.15) is 0 Å². The Morgan fingerprint density at radius 3 is 2.95 bits per heavy atom. The van der Waals surface area contributed by atoms with Crippen LogP contribution in [0.25, 0.3) is 11.1 Å². The maximum atomic E-state index is 13.0. The summed E-state index contributed by atoms with van der Waals surface area (Å²) in [5.41, 5.74) is 2.81. The molecular weight excluding hydrogens is 282 g/mol. The zero-order valence-electron chi connectivity index (χ0n) is 12.8. The van der Waals surface area contributed by atoms with Crippen molar-refractivity contribution in [2.24, 2.45) is 0 Å². The first kappa shape index (κ1) is 13.7. The van der Waals surface area contributed by atoms with Crippen LogP contribution >= 0.6 is 0 Å². The summed E-state index contributed by atoms with van der Waals surface area (Å²) in [5, 5.41) is 4.73. The van der Waals surface area contributed by atoms with E-state index in [9.17, 15) is 4.79 Å². The van der Waals surface area contributed by atoms with Crippen LogP contribution in [0.15, 0.2) is 10.6 Å². The van der Waals surface area contributed by atoms with Gasteiger partial charge < -0.3 is 14.2 Å². The molecule has 22 heavy (non-hydrogen) atoms. The summed E-state index contributed by atoms with van der Waals surface area (Å²) in [5.74, 6) is 0.487. The minimum absolute atomic E-state index is 0.0238. The Morgan fingerprint density at radius 1 is 1.41 bits per heavy atom. The van der Waals surface area contributed by atoms with Gasteiger partial charge >= 0.3 is 0 Å². The van der Waals surface area contributed by atoms with Crippen molar-refractivity contribution in [3.8, 4) is 0 Å². The molecule has 1 aliphatic heterocycles. The number of aryl methyl sites for hydroxylation is 1. The fourth-order valence-electron chi connectivity index (χ4n) is 3.04. The van der Waals surface area contributed by atoms with Crippen LogP contribution in [0, 0.1) is 6.92 Å². The molecule has 1 saturated carbocycles. The van der Waals surface area contributed by atoms with Crippen molar-refractivity contribution in [3.63, 3.8) is 0 Å². The highest BCUT2D eigenvalue weighted by Crippen LogP contribution is 2.40. The molecule has 2 fully saturated rings. The first-order chi connectivity index (χ1) is 10.6. The molecule has 2 aromatic heterocycles. The number of morpholine rings is 1. The quantitative estimate of drug-likeness (QED) is 0.851. The van der Waals surface area contributed by atoms with E-state index in [0.29, 0.717) is 36.9 Å². The third-order valence-electron chi connectivity index (χ3n) is 4.39. The number of hydrogen-bond donors (Lipinski definition) is 0. The Labute approximate surface area is 128 Å². The lowest BCUT2D eigenvalue weighted by molar-refractivity contribution is -0.0123. The molecular formula is C16H19N3O3. The zero-order valence-corrected chi connectivity index (χ0v) is 12.8. The van der Waals surface area contributed by atoms with Crippen molar-refractivity contribution in [1.82, 2.24) is 15.0 Å². The van der Waals surface area contributed by atoms with Gasteiger partial charge in [0.2, 0.25) is 0 Å². The highest BCUT2D eigenvalue weighted by molar-refractivity contribution is 6.06. The number of aromatic nitrogens is 2. The first-order valence-electron chi connectivity index (χ1n) is 7.81. The summed E-state index contributed by atoms with van der Waals surface area (Å²) in [6, 6.07) is 1.94. The number of fused-ring (bicyclic) bond motifs is 1. The molecule has 0 unspecified atom stereocenters. The summed E-state index contributed by atoms with van der Waals surface area (Å²) in [6.45, 7) is 5.66. The standard InChI is InChI=1S/C16H19N3O3/c1-9-8-19(5-6-21-9)16(20)12-7-13(11-3-4-11)17-15-14(12)10(2)18-22-15/h7,9,11H,3-6,8H2,1-2H3/t9-/m0/s1. The lowest BCUT2D eigenvalue weighted by atomic mass is 10.1. The fraction of sp³-hybridized carbons (Fsp3) is 0.562. The van der Waals surface area contributed by atoms with E-state index in [4.69, 9.17) is 9.26 Å². The van der Waals surface area contributed by atoms with Crippen molar-refractivity contribution in [1.29, 1.82) is 0 Å². The van der Waals surface area contributed by atoms with Gasteiger partial charge in [-0.15, -0.1) is 0 Å². The van der Waals surface area contributed by atoms with Crippen LogP contribution < -0.4 is 0 Å². The van der Waals surface area contributed by atoms with Gasteiger partial charge in [0, 0.05) is 24.7 Å². The number of pyridine rings is 1. The third-order valence-corrected chi connectivity index (χ3v) is 4.39. The smallest absolute Gasteiger partial charge is 0.259 e. The average Bonchev–Trinajstić information content (AvgIpc) is 3.30. The number of rotatable bonds is 2. The Hall–Kier alpha value is -1.95. The Kier molecular flexibility index (Phi) is 3.14. The van der Waals surface area contributed by atoms with Gasteiger partial charge in [-0.3, -0.25) is 4.79 Å². The molecule has 1 saturated heterocycles. The number of carbonyl (C=O) groups excluding carboxylic acids is 1. The molecule has 1 atom stereocenters. The zero-order chi connectivity index (χ0) is 15.3. The van der Waals surface area contributed by atoms with Crippen molar-refractivity contribution in [2.75, 3.05) is 19.7 Å². The fourth-order valence-corrected chi connectivity index (χ4v) is 3.04. The van der Waals surface area contributed by atoms with E-state index in [2.05, 4.69) is 10.1 Å². The topological polar surface area (TPSA) is 68.5 Å². The second-order valence-corrected chi connectivity index (χ2v) is 6.25. The van der Waals surface area contributed by atoms with E-state index < -0.39 is 0 Å². The van der Waals surface area contributed by atoms with E-state index in [1.54, 1.807) is 0 Å². The minimum atomic E-state index is 0.0238. The minimum Gasteiger partial charge on any atom is -0.375 e. The second-order valence-electron chi connectivity index (χ2n) is 6.25. The first-order valence-corrected chi connectivity index (χ1v) is 7.81. The number of hydrogen-bond acceptors (Lipinski definition) is 5. The van der Waals surface area contributed by atoms with Crippen LogP contribution in [0.3, 0.4) is 0 Å². The molecule has 4 rings (SSSR count). The van der Waals surface area contributed by atoms with Gasteiger partial charge in [0.15, 0.2) is 0 Å². The average molecular weight is 301 g/mol. The maximum Gasteiger partial charge on any atom is 0.259 e. The molecule has 0 radical (unpaired) electrons. The SMILES string of the molecule is Cc1noc2nc(C3CC3)cc(C(=O)N3CCO[C@@H](C)C3)c12. The molecule has 6 heteroatoms. The van der Waals surface area contributed by atoms with Crippen LogP contribution in [0.2, 0.25) is 0 Å². The highest BCUT2D eigenvalue weighted by atomic mass is 16.5. The number of ether oxygens (including phenoxy) is 1. The van der Waals surface area contributed by atoms with E-state index in [-0.39, 0.29) is 12.0 Å². The van der Waals surface area contributed by atoms with Crippen LogP contribution in [0.5, 0.6) is 0 Å². The molecule has 0 aromatic carbocycles. The van der Waals surface area contributed by atoms with E-state index in [1.165, 1.54) is 0 Å². The van der Waals surface area contributed by atoms with Gasteiger partial charge in [0.1, 0.15) is 0 Å². The Morgan fingerprint density at radius 2 is 2.23 bits per heavy atom. The molecule has 0 N–H and O–H groups in total. The van der Waals surface area contributed by atoms with E-state index in [0.717, 1.165) is 29.6 Å². The van der Waals surface area contributed by atoms with Crippen molar-refractivity contribution in [2.45, 2.75) is 38.7 Å². The van der Waals surface area contributed by atoms with Gasteiger partial charge in [-0.1, -0.05) is 5.16 Å². The summed E-state index contributed by atoms with van der Waals surface area (Å²) in [7, 11) is 0.